The third-order valence-corrected chi connectivity index (χ3v) is 1.36. The molecule has 1 N–H and O–H groups in total. The van der Waals surface area contributed by atoms with Gasteiger partial charge in [0.15, 0.2) is 0 Å². The largest absolute Gasteiger partial charge is 0.473 e. The maximum absolute atomic E-state index is 8.07. The van der Waals surface area contributed by atoms with Crippen LogP contribution < -0.4 is 0 Å². The highest BCUT2D eigenvalue weighted by molar-refractivity contribution is 4.79. The van der Waals surface area contributed by atoms with Crippen LogP contribution in [0.3, 0.4) is 0 Å². The number of rotatable bonds is 2. The van der Waals surface area contributed by atoms with Gasteiger partial charge < -0.3 is 13.9 Å². The molecule has 0 saturated heterocycles. The third-order valence-electron chi connectivity index (χ3n) is 1.36. The van der Waals surface area contributed by atoms with Crippen LogP contribution in [-0.2, 0) is 0 Å². The molecule has 0 aliphatic carbocycles. The van der Waals surface area contributed by atoms with Gasteiger partial charge in [0.2, 0.25) is 0 Å². The Bertz CT molecular complexity index is 186. The zero-order chi connectivity index (χ0) is 11.2. The molecular formula is C12H18O3. The minimum Gasteiger partial charge on any atom is -0.473 e. The standard InChI is InChI=1S/2C4H4O.C4H10O/c2*1-2-4-5-3-1;1-2-3-4-5/h2*1-4H;5H,2-4H2,1H3. The molecule has 2 rings (SSSR count). The number of aliphatic hydroxyl groups is 1. The van der Waals surface area contributed by atoms with E-state index in [0.717, 1.165) is 12.8 Å². The van der Waals surface area contributed by atoms with Gasteiger partial charge in [0.25, 0.3) is 0 Å². The predicted octanol–water partition coefficient (Wildman–Crippen LogP) is 3.34. The minimum absolute atomic E-state index is 0.344. The summed E-state index contributed by atoms with van der Waals surface area (Å²) < 4.78 is 9.17. The summed E-state index contributed by atoms with van der Waals surface area (Å²) in [5.74, 6) is 0. The van der Waals surface area contributed by atoms with Gasteiger partial charge in [0.1, 0.15) is 0 Å². The number of hydrogen-bond acceptors (Lipinski definition) is 3. The Morgan fingerprint density at radius 1 is 0.867 bits per heavy atom. The number of furan rings is 2. The van der Waals surface area contributed by atoms with Gasteiger partial charge in [-0.15, -0.1) is 0 Å². The SMILES string of the molecule is CCCCO.c1ccoc1.c1ccoc1. The number of hydrogen-bond donors (Lipinski definition) is 1. The molecule has 0 bridgehead atoms. The molecule has 0 aromatic carbocycles. The van der Waals surface area contributed by atoms with E-state index in [1.54, 1.807) is 25.1 Å². The topological polar surface area (TPSA) is 46.5 Å². The van der Waals surface area contributed by atoms with Crippen molar-refractivity contribution in [2.75, 3.05) is 6.61 Å². The molecule has 2 aromatic heterocycles. The van der Waals surface area contributed by atoms with Gasteiger partial charge >= 0.3 is 0 Å². The van der Waals surface area contributed by atoms with Crippen molar-refractivity contribution in [2.24, 2.45) is 0 Å². The monoisotopic (exact) mass is 210 g/mol. The Kier molecular flexibility index (Phi) is 11.3. The van der Waals surface area contributed by atoms with E-state index in [1.165, 1.54) is 0 Å². The summed E-state index contributed by atoms with van der Waals surface area (Å²) in [7, 11) is 0. The van der Waals surface area contributed by atoms with Crippen molar-refractivity contribution in [3.63, 3.8) is 0 Å². The summed E-state index contributed by atoms with van der Waals surface area (Å²) in [5.41, 5.74) is 0. The maximum Gasteiger partial charge on any atom is 0.0902 e. The molecule has 2 heterocycles. The molecule has 0 aliphatic heterocycles. The number of aliphatic hydroxyl groups excluding tert-OH is 1. The first-order valence-corrected chi connectivity index (χ1v) is 4.97. The zero-order valence-corrected chi connectivity index (χ0v) is 9.00. The molecule has 0 saturated carbocycles. The van der Waals surface area contributed by atoms with Crippen LogP contribution in [0.5, 0.6) is 0 Å². The second-order valence-electron chi connectivity index (χ2n) is 2.66. The molecule has 84 valence electrons. The van der Waals surface area contributed by atoms with Gasteiger partial charge in [-0.3, -0.25) is 0 Å². The Balaban J connectivity index is 0.000000196. The average Bonchev–Trinajstić information content (AvgIpc) is 2.99. The van der Waals surface area contributed by atoms with Crippen molar-refractivity contribution in [1.29, 1.82) is 0 Å². The molecule has 0 atom stereocenters. The van der Waals surface area contributed by atoms with E-state index in [9.17, 15) is 0 Å². The van der Waals surface area contributed by atoms with Crippen LogP contribution in [0.15, 0.2) is 58.2 Å². The minimum atomic E-state index is 0.344. The fourth-order valence-electron chi connectivity index (χ4n) is 0.612. The van der Waals surface area contributed by atoms with Crippen LogP contribution in [0.25, 0.3) is 0 Å². The molecule has 3 heteroatoms. The van der Waals surface area contributed by atoms with Crippen LogP contribution in [0, 0.1) is 0 Å². The summed E-state index contributed by atoms with van der Waals surface area (Å²) in [4.78, 5) is 0. The summed E-state index contributed by atoms with van der Waals surface area (Å²) in [5, 5.41) is 8.07. The van der Waals surface area contributed by atoms with E-state index >= 15 is 0 Å². The second-order valence-corrected chi connectivity index (χ2v) is 2.66. The van der Waals surface area contributed by atoms with E-state index in [0.29, 0.717) is 6.61 Å². The fraction of sp³-hybridized carbons (Fsp3) is 0.333. The molecule has 0 amide bonds. The lowest BCUT2D eigenvalue weighted by atomic mass is 10.4. The van der Waals surface area contributed by atoms with E-state index < -0.39 is 0 Å². The normalized spacial score (nSPS) is 8.13. The van der Waals surface area contributed by atoms with E-state index in [2.05, 4.69) is 15.8 Å². The summed E-state index contributed by atoms with van der Waals surface area (Å²) in [6.45, 7) is 2.40. The first-order valence-electron chi connectivity index (χ1n) is 4.97. The van der Waals surface area contributed by atoms with Gasteiger partial charge in [-0.2, -0.15) is 0 Å². The smallest absolute Gasteiger partial charge is 0.0902 e. The van der Waals surface area contributed by atoms with E-state index in [1.807, 2.05) is 24.3 Å². The van der Waals surface area contributed by atoms with Crippen molar-refractivity contribution < 1.29 is 13.9 Å². The zero-order valence-electron chi connectivity index (χ0n) is 9.00. The lowest BCUT2D eigenvalue weighted by Gasteiger charge is -1.79. The van der Waals surface area contributed by atoms with Gasteiger partial charge in [-0.05, 0) is 30.7 Å². The highest BCUT2D eigenvalue weighted by Crippen LogP contribution is 1.80. The Morgan fingerprint density at radius 2 is 1.27 bits per heavy atom. The Hall–Kier alpha value is -1.48. The summed E-state index contributed by atoms with van der Waals surface area (Å²) >= 11 is 0. The van der Waals surface area contributed by atoms with Gasteiger partial charge in [0, 0.05) is 6.61 Å². The number of unbranched alkanes of at least 4 members (excludes halogenated alkanes) is 1. The molecule has 0 radical (unpaired) electrons. The van der Waals surface area contributed by atoms with Crippen LogP contribution in [0.4, 0.5) is 0 Å². The molecule has 0 unspecified atom stereocenters. The third kappa shape index (κ3) is 12.5. The first-order chi connectivity index (χ1) is 7.41. The fourth-order valence-corrected chi connectivity index (χ4v) is 0.612. The first kappa shape index (κ1) is 13.5. The molecule has 3 nitrogen and oxygen atoms in total. The summed E-state index contributed by atoms with van der Waals surface area (Å²) in [6, 6.07) is 7.33. The van der Waals surface area contributed by atoms with Crippen LogP contribution in [-0.4, -0.2) is 11.7 Å². The van der Waals surface area contributed by atoms with E-state index in [-0.39, 0.29) is 0 Å². The van der Waals surface area contributed by atoms with E-state index in [4.69, 9.17) is 5.11 Å². The lowest BCUT2D eigenvalue weighted by molar-refractivity contribution is 0.287. The van der Waals surface area contributed by atoms with Crippen LogP contribution >= 0.6 is 0 Å². The highest BCUT2D eigenvalue weighted by Gasteiger charge is 1.69. The summed E-state index contributed by atoms with van der Waals surface area (Å²) in [6.07, 6.45) is 8.54. The lowest BCUT2D eigenvalue weighted by Crippen LogP contribution is -1.75. The predicted molar refractivity (Wildman–Crippen MR) is 59.4 cm³/mol. The molecule has 2 aromatic rings. The highest BCUT2D eigenvalue weighted by atomic mass is 16.3. The quantitative estimate of drug-likeness (QED) is 0.826. The van der Waals surface area contributed by atoms with Gasteiger partial charge in [0.05, 0.1) is 25.1 Å². The second kappa shape index (κ2) is 12.5. The molecule has 0 aliphatic rings. The molecular weight excluding hydrogens is 192 g/mol. The van der Waals surface area contributed by atoms with Gasteiger partial charge in [-0.1, -0.05) is 13.3 Å². The van der Waals surface area contributed by atoms with Crippen molar-refractivity contribution in [1.82, 2.24) is 0 Å². The molecule has 0 fully saturated rings. The van der Waals surface area contributed by atoms with Crippen molar-refractivity contribution in [2.45, 2.75) is 19.8 Å². The van der Waals surface area contributed by atoms with Crippen LogP contribution in [0.1, 0.15) is 19.8 Å². The van der Waals surface area contributed by atoms with Gasteiger partial charge in [-0.25, -0.2) is 0 Å². The molecule has 15 heavy (non-hydrogen) atoms. The maximum atomic E-state index is 8.07. The average molecular weight is 210 g/mol. The van der Waals surface area contributed by atoms with Crippen LogP contribution in [0.2, 0.25) is 0 Å². The van der Waals surface area contributed by atoms with Crippen molar-refractivity contribution in [3.8, 4) is 0 Å². The van der Waals surface area contributed by atoms with Crippen molar-refractivity contribution in [3.05, 3.63) is 49.3 Å². The molecule has 0 spiro atoms. The van der Waals surface area contributed by atoms with Crippen molar-refractivity contribution >= 4 is 0 Å². The Morgan fingerprint density at radius 3 is 1.33 bits per heavy atom. The Labute approximate surface area is 90.3 Å².